The Bertz CT molecular complexity index is 641. The number of hydrogen-bond acceptors (Lipinski definition) is 3. The van der Waals surface area contributed by atoms with Crippen molar-refractivity contribution in [3.8, 4) is 0 Å². The zero-order valence-electron chi connectivity index (χ0n) is 11.3. The van der Waals surface area contributed by atoms with Crippen molar-refractivity contribution < 1.29 is 19.4 Å². The van der Waals surface area contributed by atoms with E-state index in [0.717, 1.165) is 5.56 Å². The van der Waals surface area contributed by atoms with Gasteiger partial charge in [0.1, 0.15) is 11.5 Å². The third kappa shape index (κ3) is 1.67. The Morgan fingerprint density at radius 1 is 1.38 bits per heavy atom. The second kappa shape index (κ2) is 4.18. The lowest BCUT2D eigenvalue weighted by atomic mass is 9.77. The van der Waals surface area contributed by atoms with E-state index in [1.54, 1.807) is 11.0 Å². The molecule has 0 saturated carbocycles. The van der Waals surface area contributed by atoms with Crippen LogP contribution in [0.1, 0.15) is 5.56 Å². The zero-order valence-corrected chi connectivity index (χ0v) is 11.3. The molecule has 2 bridgehead atoms. The van der Waals surface area contributed by atoms with Crippen molar-refractivity contribution in [2.75, 3.05) is 6.54 Å². The molecule has 1 aromatic rings. The summed E-state index contributed by atoms with van der Waals surface area (Å²) in [6.45, 7) is 0.925. The highest BCUT2D eigenvalue weighted by molar-refractivity contribution is 5.90. The fourth-order valence-corrected chi connectivity index (χ4v) is 3.80. The van der Waals surface area contributed by atoms with E-state index in [2.05, 4.69) is 0 Å². The van der Waals surface area contributed by atoms with Crippen LogP contribution in [0.25, 0.3) is 0 Å². The number of carboxylic acids is 1. The van der Waals surface area contributed by atoms with Crippen molar-refractivity contribution in [2.45, 2.75) is 18.2 Å². The minimum Gasteiger partial charge on any atom is -0.481 e. The number of rotatable bonds is 3. The highest BCUT2D eigenvalue weighted by Gasteiger charge is 2.66. The monoisotopic (exact) mass is 285 g/mol. The van der Waals surface area contributed by atoms with Gasteiger partial charge in [0.15, 0.2) is 0 Å². The molecule has 1 aromatic carbocycles. The van der Waals surface area contributed by atoms with Crippen molar-refractivity contribution in [1.29, 1.82) is 0 Å². The van der Waals surface area contributed by atoms with Gasteiger partial charge >= 0.3 is 5.97 Å². The van der Waals surface area contributed by atoms with Crippen LogP contribution < -0.4 is 0 Å². The number of nitrogens with zero attached hydrogens (tertiary/aromatic N) is 1. The van der Waals surface area contributed by atoms with Gasteiger partial charge in [-0.3, -0.25) is 9.59 Å². The summed E-state index contributed by atoms with van der Waals surface area (Å²) in [6, 6.07) is 9.70. The molecule has 3 aliphatic heterocycles. The van der Waals surface area contributed by atoms with E-state index in [9.17, 15) is 14.7 Å². The number of carbonyl (C=O) groups excluding carboxylic acids is 1. The molecular weight excluding hydrogens is 270 g/mol. The first-order valence-corrected chi connectivity index (χ1v) is 7.03. The minimum absolute atomic E-state index is 0.113. The Labute approximate surface area is 121 Å². The normalized spacial score (nSPS) is 36.3. The van der Waals surface area contributed by atoms with E-state index >= 15 is 0 Å². The van der Waals surface area contributed by atoms with Crippen molar-refractivity contribution in [1.82, 2.24) is 4.90 Å². The number of carboxylic acid groups (broad SMARTS) is 1. The molecule has 3 heterocycles. The molecule has 0 aromatic heterocycles. The van der Waals surface area contributed by atoms with Crippen LogP contribution in [0.2, 0.25) is 0 Å². The van der Waals surface area contributed by atoms with E-state index in [4.69, 9.17) is 4.74 Å². The molecule has 108 valence electrons. The van der Waals surface area contributed by atoms with Crippen LogP contribution in [0.15, 0.2) is 42.5 Å². The first kappa shape index (κ1) is 12.6. The molecule has 4 rings (SSSR count). The summed E-state index contributed by atoms with van der Waals surface area (Å²) in [5, 5.41) is 9.39. The summed E-state index contributed by atoms with van der Waals surface area (Å²) in [5.41, 5.74) is 0.298. The minimum atomic E-state index is -0.953. The van der Waals surface area contributed by atoms with Crippen LogP contribution in [-0.4, -0.2) is 40.1 Å². The van der Waals surface area contributed by atoms with Gasteiger partial charge in [0.25, 0.3) is 0 Å². The maximum absolute atomic E-state index is 12.6. The third-order valence-electron chi connectivity index (χ3n) is 4.68. The molecule has 0 radical (unpaired) electrons. The Hall–Kier alpha value is -2.14. The summed E-state index contributed by atoms with van der Waals surface area (Å²) in [7, 11) is 0. The smallest absolute Gasteiger partial charge is 0.310 e. The molecule has 21 heavy (non-hydrogen) atoms. The van der Waals surface area contributed by atoms with Crippen molar-refractivity contribution in [3.63, 3.8) is 0 Å². The van der Waals surface area contributed by atoms with Gasteiger partial charge < -0.3 is 14.7 Å². The largest absolute Gasteiger partial charge is 0.481 e. The molecule has 0 aliphatic carbocycles. The number of hydrogen-bond donors (Lipinski definition) is 1. The number of fused-ring (bicyclic) bond motifs is 1. The Kier molecular flexibility index (Phi) is 2.50. The predicted octanol–water partition coefficient (Wildman–Crippen LogP) is 1.05. The van der Waals surface area contributed by atoms with Gasteiger partial charge in [-0.1, -0.05) is 42.5 Å². The highest BCUT2D eigenvalue weighted by Crippen LogP contribution is 2.52. The molecule has 3 aliphatic rings. The first-order chi connectivity index (χ1) is 10.1. The molecule has 2 unspecified atom stereocenters. The molecule has 1 spiro atoms. The van der Waals surface area contributed by atoms with Gasteiger partial charge in [-0.2, -0.15) is 0 Å². The number of likely N-dealkylation sites (tertiary alicyclic amines) is 1. The molecule has 1 amide bonds. The van der Waals surface area contributed by atoms with Crippen molar-refractivity contribution >= 4 is 11.9 Å². The lowest BCUT2D eigenvalue weighted by molar-refractivity contribution is -0.148. The SMILES string of the molecule is O=C(O)C1C2C=C[C@]3(CN(Cc4ccccc4)C(=O)[C@@H]13)O2. The lowest BCUT2D eigenvalue weighted by Gasteiger charge is -2.21. The van der Waals surface area contributed by atoms with Crippen LogP contribution in [0.5, 0.6) is 0 Å². The number of amides is 1. The zero-order chi connectivity index (χ0) is 14.6. The summed E-state index contributed by atoms with van der Waals surface area (Å²) >= 11 is 0. The molecule has 2 fully saturated rings. The fraction of sp³-hybridized carbons (Fsp3) is 0.375. The molecule has 5 heteroatoms. The Morgan fingerprint density at radius 3 is 2.86 bits per heavy atom. The number of carbonyl (C=O) groups is 2. The van der Waals surface area contributed by atoms with E-state index in [-0.39, 0.29) is 5.91 Å². The standard InChI is InChI=1S/C16H15NO4/c18-14-13-12(15(19)20)11-6-7-16(13,21-11)9-17(14)8-10-4-2-1-3-5-10/h1-7,11-13H,8-9H2,(H,19,20)/t11?,12?,13-,16-/m1/s1. The fourth-order valence-electron chi connectivity index (χ4n) is 3.80. The average Bonchev–Trinajstić information content (AvgIpc) is 3.09. The second-order valence-corrected chi connectivity index (χ2v) is 5.92. The van der Waals surface area contributed by atoms with Gasteiger partial charge in [0.2, 0.25) is 5.91 Å². The van der Waals surface area contributed by atoms with Gasteiger partial charge in [0.05, 0.1) is 18.6 Å². The third-order valence-corrected chi connectivity index (χ3v) is 4.68. The van der Waals surface area contributed by atoms with Gasteiger partial charge in [-0.05, 0) is 5.56 Å². The molecule has 5 nitrogen and oxygen atoms in total. The first-order valence-electron chi connectivity index (χ1n) is 7.03. The summed E-state index contributed by atoms with van der Waals surface area (Å²) in [6.07, 6.45) is 3.20. The highest BCUT2D eigenvalue weighted by atomic mass is 16.5. The van der Waals surface area contributed by atoms with Crippen LogP contribution in [0.3, 0.4) is 0 Å². The summed E-state index contributed by atoms with van der Waals surface area (Å²) < 4.78 is 5.84. The summed E-state index contributed by atoms with van der Waals surface area (Å²) in [4.78, 5) is 25.8. The summed E-state index contributed by atoms with van der Waals surface area (Å²) in [5.74, 6) is -2.42. The van der Waals surface area contributed by atoms with Crippen LogP contribution in [0, 0.1) is 11.8 Å². The van der Waals surface area contributed by atoms with E-state index in [1.807, 2.05) is 36.4 Å². The second-order valence-electron chi connectivity index (χ2n) is 5.92. The molecular formula is C16H15NO4. The maximum Gasteiger partial charge on any atom is 0.310 e. The van der Waals surface area contributed by atoms with Crippen molar-refractivity contribution in [2.24, 2.45) is 11.8 Å². The van der Waals surface area contributed by atoms with Crippen LogP contribution in [0.4, 0.5) is 0 Å². The number of aliphatic carboxylic acids is 1. The molecule has 1 N–H and O–H groups in total. The lowest BCUT2D eigenvalue weighted by Crippen LogP contribution is -2.39. The number of ether oxygens (including phenoxy) is 1. The Balaban J connectivity index is 1.63. The van der Waals surface area contributed by atoms with E-state index < -0.39 is 29.5 Å². The van der Waals surface area contributed by atoms with E-state index in [0.29, 0.717) is 13.1 Å². The van der Waals surface area contributed by atoms with Crippen molar-refractivity contribution in [3.05, 3.63) is 48.0 Å². The topological polar surface area (TPSA) is 66.8 Å². The molecule has 2 saturated heterocycles. The predicted molar refractivity (Wildman–Crippen MR) is 73.2 cm³/mol. The van der Waals surface area contributed by atoms with Crippen LogP contribution >= 0.6 is 0 Å². The number of benzene rings is 1. The maximum atomic E-state index is 12.6. The van der Waals surface area contributed by atoms with Gasteiger partial charge in [0, 0.05) is 6.54 Å². The van der Waals surface area contributed by atoms with Crippen LogP contribution in [-0.2, 0) is 20.9 Å². The van der Waals surface area contributed by atoms with Gasteiger partial charge in [-0.15, -0.1) is 0 Å². The average molecular weight is 285 g/mol. The van der Waals surface area contributed by atoms with Gasteiger partial charge in [-0.25, -0.2) is 0 Å². The Morgan fingerprint density at radius 2 is 2.14 bits per heavy atom. The molecule has 4 atom stereocenters. The quantitative estimate of drug-likeness (QED) is 0.843. The van der Waals surface area contributed by atoms with E-state index in [1.165, 1.54) is 0 Å².